The maximum atomic E-state index is 13.0. The van der Waals surface area contributed by atoms with E-state index >= 15 is 0 Å². The molecule has 0 aliphatic carbocycles. The Labute approximate surface area is 229 Å². The number of furan rings is 1. The van der Waals surface area contributed by atoms with E-state index in [-0.39, 0.29) is 6.42 Å². The first-order valence-corrected chi connectivity index (χ1v) is 13.5. The van der Waals surface area contributed by atoms with Crippen molar-refractivity contribution >= 4 is 62.6 Å². The maximum absolute atomic E-state index is 13.0. The Morgan fingerprint density at radius 2 is 1.56 bits per heavy atom. The molecule has 0 spiro atoms. The number of carbonyl (C=O) groups excluding carboxylic acids is 2. The average Bonchev–Trinajstić information content (AvgIpc) is 3.32. The van der Waals surface area contributed by atoms with Gasteiger partial charge in [0.15, 0.2) is 6.10 Å². The number of fused-ring (bicyclic) bond motifs is 5. The summed E-state index contributed by atoms with van der Waals surface area (Å²) in [6.45, 7) is 1.99. The average molecular weight is 539 g/mol. The Bertz CT molecular complexity index is 1670. The van der Waals surface area contributed by atoms with Crippen LogP contribution in [0.4, 0.5) is 17.1 Å². The fourth-order valence-electron chi connectivity index (χ4n) is 4.79. The normalized spacial score (nSPS) is 13.0. The van der Waals surface area contributed by atoms with E-state index in [0.717, 1.165) is 37.5 Å². The van der Waals surface area contributed by atoms with Crippen molar-refractivity contribution in [2.24, 2.45) is 0 Å². The van der Waals surface area contributed by atoms with E-state index in [1.54, 1.807) is 24.8 Å². The molecule has 0 saturated carbocycles. The van der Waals surface area contributed by atoms with E-state index in [9.17, 15) is 9.59 Å². The van der Waals surface area contributed by atoms with E-state index in [4.69, 9.17) is 13.9 Å². The molecule has 1 N–H and O–H groups in total. The zero-order chi connectivity index (χ0) is 26.9. The van der Waals surface area contributed by atoms with Gasteiger partial charge in [-0.05, 0) is 43.3 Å². The van der Waals surface area contributed by atoms with Crippen molar-refractivity contribution in [2.75, 3.05) is 23.9 Å². The first-order chi connectivity index (χ1) is 19.0. The van der Waals surface area contributed by atoms with Gasteiger partial charge in [0.1, 0.15) is 16.9 Å². The van der Waals surface area contributed by atoms with E-state index in [1.165, 1.54) is 7.11 Å². The molecule has 2 heterocycles. The molecule has 0 saturated heterocycles. The summed E-state index contributed by atoms with van der Waals surface area (Å²) in [5.41, 5.74) is 3.91. The Hall–Kier alpha value is -4.43. The number of ether oxygens (including phenoxy) is 2. The van der Waals surface area contributed by atoms with Crippen molar-refractivity contribution in [3.05, 3.63) is 84.9 Å². The van der Waals surface area contributed by atoms with Gasteiger partial charge in [0.25, 0.3) is 5.91 Å². The molecular weight excluding hydrogens is 512 g/mol. The van der Waals surface area contributed by atoms with Crippen molar-refractivity contribution in [1.29, 1.82) is 0 Å². The Kier molecular flexibility index (Phi) is 6.62. The largest absolute Gasteiger partial charge is 0.495 e. The van der Waals surface area contributed by atoms with Crippen LogP contribution in [0.2, 0.25) is 0 Å². The molecule has 1 unspecified atom stereocenters. The van der Waals surface area contributed by atoms with Gasteiger partial charge in [-0.25, -0.2) is 0 Å². The highest BCUT2D eigenvalue weighted by molar-refractivity contribution is 7.99. The second kappa shape index (κ2) is 10.4. The fourth-order valence-corrected chi connectivity index (χ4v) is 5.88. The number of amides is 1. The van der Waals surface area contributed by atoms with Crippen LogP contribution in [0, 0.1) is 0 Å². The molecule has 5 aromatic rings. The van der Waals surface area contributed by atoms with Crippen molar-refractivity contribution in [2.45, 2.75) is 29.2 Å². The number of rotatable bonds is 7. The first kappa shape index (κ1) is 24.9. The van der Waals surface area contributed by atoms with Crippen LogP contribution in [0.25, 0.3) is 21.9 Å². The van der Waals surface area contributed by atoms with E-state index < -0.39 is 18.0 Å². The lowest BCUT2D eigenvalue weighted by atomic mass is 10.1. The summed E-state index contributed by atoms with van der Waals surface area (Å²) in [6.07, 6.45) is -0.871. The molecule has 0 radical (unpaired) electrons. The molecule has 4 aromatic carbocycles. The summed E-state index contributed by atoms with van der Waals surface area (Å²) in [5, 5.41) is 4.67. The van der Waals surface area contributed by atoms with Crippen molar-refractivity contribution in [3.8, 4) is 5.75 Å². The van der Waals surface area contributed by atoms with Gasteiger partial charge in [-0.3, -0.25) is 9.59 Å². The third-order valence-corrected chi connectivity index (χ3v) is 7.84. The zero-order valence-corrected chi connectivity index (χ0v) is 22.3. The van der Waals surface area contributed by atoms with E-state index in [0.29, 0.717) is 23.6 Å². The topological polar surface area (TPSA) is 81.0 Å². The van der Waals surface area contributed by atoms with E-state index in [1.807, 2.05) is 66.7 Å². The van der Waals surface area contributed by atoms with Gasteiger partial charge in [0.05, 0.1) is 30.6 Å². The van der Waals surface area contributed by atoms with Crippen LogP contribution in [0.3, 0.4) is 0 Å². The lowest BCUT2D eigenvalue weighted by Gasteiger charge is -2.32. The minimum atomic E-state index is -0.995. The number of nitrogens with one attached hydrogen (secondary N) is 1. The molecule has 7 nitrogen and oxygen atoms in total. The number of benzene rings is 4. The molecule has 8 heteroatoms. The molecule has 1 atom stereocenters. The van der Waals surface area contributed by atoms with Gasteiger partial charge in [-0.1, -0.05) is 54.2 Å². The lowest BCUT2D eigenvalue weighted by Crippen LogP contribution is -2.31. The predicted octanol–water partition coefficient (Wildman–Crippen LogP) is 7.16. The van der Waals surface area contributed by atoms with Gasteiger partial charge in [-0.15, -0.1) is 0 Å². The summed E-state index contributed by atoms with van der Waals surface area (Å²) < 4.78 is 17.0. The first-order valence-electron chi connectivity index (χ1n) is 12.6. The van der Waals surface area contributed by atoms with Gasteiger partial charge in [0.2, 0.25) is 0 Å². The Morgan fingerprint density at radius 1 is 0.897 bits per heavy atom. The van der Waals surface area contributed by atoms with Crippen molar-refractivity contribution in [1.82, 2.24) is 0 Å². The second-order valence-electron chi connectivity index (χ2n) is 9.21. The van der Waals surface area contributed by atoms with Crippen LogP contribution in [0.1, 0.15) is 13.3 Å². The third-order valence-electron chi connectivity index (χ3n) is 6.71. The molecule has 196 valence electrons. The van der Waals surface area contributed by atoms with Gasteiger partial charge in [0, 0.05) is 33.2 Å². The van der Waals surface area contributed by atoms with Crippen LogP contribution in [-0.4, -0.2) is 31.6 Å². The molecule has 1 aromatic heterocycles. The second-order valence-corrected chi connectivity index (χ2v) is 10.3. The summed E-state index contributed by atoms with van der Waals surface area (Å²) >= 11 is 1.71. The monoisotopic (exact) mass is 538 g/mol. The highest BCUT2D eigenvalue weighted by atomic mass is 32.2. The number of esters is 1. The Morgan fingerprint density at radius 3 is 2.28 bits per heavy atom. The summed E-state index contributed by atoms with van der Waals surface area (Å²) in [5.74, 6) is -0.422. The summed E-state index contributed by atoms with van der Waals surface area (Å²) in [6, 6.07) is 27.5. The smallest absolute Gasteiger partial charge is 0.308 e. The molecular formula is C31H26N2O5S. The minimum Gasteiger partial charge on any atom is -0.495 e. The predicted molar refractivity (Wildman–Crippen MR) is 153 cm³/mol. The number of methoxy groups -OCH3 is 1. The van der Waals surface area contributed by atoms with Crippen LogP contribution < -0.4 is 15.0 Å². The van der Waals surface area contributed by atoms with Crippen LogP contribution in [-0.2, 0) is 14.3 Å². The van der Waals surface area contributed by atoms with E-state index in [2.05, 4.69) is 22.3 Å². The van der Waals surface area contributed by atoms with Crippen LogP contribution >= 0.6 is 11.8 Å². The molecule has 1 amide bonds. The minimum absolute atomic E-state index is 0.124. The number of para-hydroxylation sites is 3. The third kappa shape index (κ3) is 4.79. The van der Waals surface area contributed by atoms with Gasteiger partial charge in [-0.2, -0.15) is 0 Å². The van der Waals surface area contributed by atoms with Gasteiger partial charge >= 0.3 is 5.97 Å². The maximum Gasteiger partial charge on any atom is 0.308 e. The molecule has 0 fully saturated rings. The fraction of sp³-hybridized carbons (Fsp3) is 0.161. The molecule has 1 aliphatic rings. The number of carbonyl (C=O) groups is 2. The van der Waals surface area contributed by atoms with Gasteiger partial charge < -0.3 is 24.1 Å². The number of nitrogens with zero attached hydrogens (tertiary/aromatic N) is 1. The van der Waals surface area contributed by atoms with Crippen LogP contribution in [0.5, 0.6) is 5.75 Å². The summed E-state index contributed by atoms with van der Waals surface area (Å²) in [7, 11) is 1.54. The van der Waals surface area contributed by atoms with Crippen molar-refractivity contribution < 1.29 is 23.5 Å². The molecule has 1 aliphatic heterocycles. The summed E-state index contributed by atoms with van der Waals surface area (Å²) in [4.78, 5) is 30.2. The number of anilines is 3. The molecule has 0 bridgehead atoms. The lowest BCUT2D eigenvalue weighted by molar-refractivity contribution is -0.152. The number of hydrogen-bond donors (Lipinski definition) is 1. The quantitative estimate of drug-likeness (QED) is 0.220. The zero-order valence-electron chi connectivity index (χ0n) is 21.5. The SMILES string of the molecule is COc1cc2c(cc1NC(=O)C(C)OC(=O)CCN1c3ccccc3Sc3ccccc31)oc1ccccc12. The standard InChI is InChI=1S/C31H26N2O5S/c1-19(31(35)32-22-18-26-21(17-27(22)36-2)20-9-3-6-12-25(20)38-26)37-30(34)15-16-33-23-10-4-7-13-28(23)39-29-14-8-5-11-24(29)33/h3-14,17-19H,15-16H2,1-2H3,(H,32,35). The highest BCUT2D eigenvalue weighted by Gasteiger charge is 2.25. The number of hydrogen-bond acceptors (Lipinski definition) is 7. The molecule has 39 heavy (non-hydrogen) atoms. The highest BCUT2D eigenvalue weighted by Crippen LogP contribution is 2.47. The van der Waals surface area contributed by atoms with Crippen molar-refractivity contribution in [3.63, 3.8) is 0 Å². The Balaban J connectivity index is 1.13. The molecule has 6 rings (SSSR count). The van der Waals surface area contributed by atoms with Crippen LogP contribution in [0.15, 0.2) is 99.1 Å².